The Labute approximate surface area is 179 Å². The molecule has 29 heavy (non-hydrogen) atoms. The molecule has 2 aromatic rings. The normalized spacial score (nSPS) is 13.2. The lowest BCUT2D eigenvalue weighted by atomic mass is 9.99. The minimum Gasteiger partial charge on any atom is -0.366 e. The van der Waals surface area contributed by atoms with Crippen molar-refractivity contribution in [2.75, 3.05) is 14.1 Å². The number of amidine groups is 2. The first-order valence-electron chi connectivity index (χ1n) is 8.47. The van der Waals surface area contributed by atoms with Crippen molar-refractivity contribution >= 4 is 52.9 Å². The van der Waals surface area contributed by atoms with E-state index in [-0.39, 0.29) is 0 Å². The van der Waals surface area contributed by atoms with E-state index in [2.05, 4.69) is 56.3 Å². The van der Waals surface area contributed by atoms with Crippen LogP contribution in [0.15, 0.2) is 75.0 Å². The van der Waals surface area contributed by atoms with Crippen molar-refractivity contribution in [1.29, 1.82) is 0 Å². The lowest BCUT2D eigenvalue weighted by Crippen LogP contribution is -2.19. The van der Waals surface area contributed by atoms with Gasteiger partial charge in [0.15, 0.2) is 10.3 Å². The van der Waals surface area contributed by atoms with E-state index in [0.717, 1.165) is 5.56 Å². The second-order valence-electron chi connectivity index (χ2n) is 5.55. The van der Waals surface area contributed by atoms with Crippen molar-refractivity contribution in [2.24, 2.45) is 26.1 Å². The van der Waals surface area contributed by atoms with Crippen molar-refractivity contribution in [3.05, 3.63) is 71.3 Å². The summed E-state index contributed by atoms with van der Waals surface area (Å²) in [6, 6.07) is 16.1. The maximum absolute atomic E-state index is 11.4. The molecule has 0 unspecified atom stereocenters. The molecule has 0 aliphatic carbocycles. The third kappa shape index (κ3) is 6.47. The number of nitrogens with zero attached hydrogens (tertiary/aromatic N) is 4. The van der Waals surface area contributed by atoms with Crippen LogP contribution in [0, 0.1) is 0 Å². The average molecular weight is 428 g/mol. The van der Waals surface area contributed by atoms with Crippen LogP contribution >= 0.6 is 25.3 Å². The van der Waals surface area contributed by atoms with E-state index in [9.17, 15) is 4.79 Å². The monoisotopic (exact) mass is 427 g/mol. The number of primary amides is 1. The fourth-order valence-electron chi connectivity index (χ4n) is 2.17. The van der Waals surface area contributed by atoms with Gasteiger partial charge in [-0.05, 0) is 12.1 Å². The van der Waals surface area contributed by atoms with Crippen LogP contribution in [0.2, 0.25) is 0 Å². The molecule has 2 rings (SSSR count). The SMILES string of the molecule is CN/C(S)=N/N=C(/C(=N/N=C(\S)NC)c1ccc(C(N)=O)cc1)c1ccccc1. The van der Waals surface area contributed by atoms with Crippen molar-refractivity contribution in [3.63, 3.8) is 0 Å². The Morgan fingerprint density at radius 3 is 1.55 bits per heavy atom. The lowest BCUT2D eigenvalue weighted by Gasteiger charge is -2.10. The topological polar surface area (TPSA) is 117 Å². The molecule has 0 heterocycles. The molecule has 0 aliphatic rings. The van der Waals surface area contributed by atoms with Gasteiger partial charge in [-0.3, -0.25) is 4.79 Å². The molecule has 0 saturated carbocycles. The minimum atomic E-state index is -0.517. The molecular formula is C19H21N7OS2. The fourth-order valence-corrected chi connectivity index (χ4v) is 2.26. The van der Waals surface area contributed by atoms with Crippen molar-refractivity contribution < 1.29 is 4.79 Å². The van der Waals surface area contributed by atoms with Crippen molar-refractivity contribution in [3.8, 4) is 0 Å². The smallest absolute Gasteiger partial charge is 0.248 e. The van der Waals surface area contributed by atoms with Gasteiger partial charge in [-0.15, -0.1) is 45.7 Å². The zero-order chi connectivity index (χ0) is 21.2. The van der Waals surface area contributed by atoms with Gasteiger partial charge in [0.1, 0.15) is 11.4 Å². The highest BCUT2D eigenvalue weighted by atomic mass is 32.1. The van der Waals surface area contributed by atoms with Gasteiger partial charge in [-0.2, -0.15) is 0 Å². The maximum atomic E-state index is 11.4. The predicted octanol–water partition coefficient (Wildman–Crippen LogP) is 1.90. The molecule has 2 aromatic carbocycles. The van der Waals surface area contributed by atoms with Crippen LogP contribution in [0.1, 0.15) is 21.5 Å². The Hall–Kier alpha value is -3.11. The number of hydrogen-bond donors (Lipinski definition) is 5. The average Bonchev–Trinajstić information content (AvgIpc) is 2.76. The Bertz CT molecular complexity index is 968. The van der Waals surface area contributed by atoms with Crippen LogP contribution in [-0.4, -0.2) is 41.8 Å². The zero-order valence-corrected chi connectivity index (χ0v) is 17.7. The lowest BCUT2D eigenvalue weighted by molar-refractivity contribution is 0.100. The van der Waals surface area contributed by atoms with E-state index in [1.54, 1.807) is 38.4 Å². The summed E-state index contributed by atoms with van der Waals surface area (Å²) >= 11 is 8.40. The summed E-state index contributed by atoms with van der Waals surface area (Å²) in [7, 11) is 3.37. The maximum Gasteiger partial charge on any atom is 0.248 e. The molecule has 0 radical (unpaired) electrons. The number of rotatable bonds is 6. The molecule has 1 amide bonds. The van der Waals surface area contributed by atoms with Gasteiger partial charge in [0.25, 0.3) is 0 Å². The number of carbonyl (C=O) groups excluding carboxylic acids is 1. The molecule has 10 heteroatoms. The Morgan fingerprint density at radius 1 is 0.724 bits per heavy atom. The van der Waals surface area contributed by atoms with Crippen LogP contribution in [0.4, 0.5) is 0 Å². The number of thiol groups is 2. The summed E-state index contributed by atoms with van der Waals surface area (Å²) in [6.45, 7) is 0. The first-order chi connectivity index (χ1) is 14.0. The second kappa shape index (κ2) is 11.0. The third-order valence-electron chi connectivity index (χ3n) is 3.65. The van der Waals surface area contributed by atoms with Gasteiger partial charge in [0.2, 0.25) is 5.91 Å². The van der Waals surface area contributed by atoms with E-state index >= 15 is 0 Å². The van der Waals surface area contributed by atoms with E-state index in [4.69, 9.17) is 5.73 Å². The zero-order valence-electron chi connectivity index (χ0n) is 15.9. The van der Waals surface area contributed by atoms with Crippen LogP contribution in [0.5, 0.6) is 0 Å². The number of nitrogens with one attached hydrogen (secondary N) is 2. The standard InChI is InChI=1S/C19H21N7OS2/c1-21-18(28)25-23-15(12-6-4-3-5-7-12)16(24-26-19(29)22-2)13-8-10-14(11-9-13)17(20)27/h3-11H,1-2H3,(H2,20,27)(H2,21,25,28)(H2,22,26,29)/b23-15+,24-16+. The molecule has 150 valence electrons. The number of benzene rings is 2. The molecule has 0 fully saturated rings. The summed E-state index contributed by atoms with van der Waals surface area (Å²) < 4.78 is 0. The van der Waals surface area contributed by atoms with Crippen molar-refractivity contribution in [1.82, 2.24) is 10.6 Å². The Kier molecular flexibility index (Phi) is 8.44. The quantitative estimate of drug-likeness (QED) is 0.210. The molecule has 0 aromatic heterocycles. The van der Waals surface area contributed by atoms with Crippen LogP contribution in [-0.2, 0) is 0 Å². The summed E-state index contributed by atoms with van der Waals surface area (Å²) in [5, 5.41) is 23.0. The molecule has 0 aliphatic heterocycles. The van der Waals surface area contributed by atoms with Crippen LogP contribution in [0.25, 0.3) is 0 Å². The number of hydrogen-bond acceptors (Lipinski definition) is 5. The summed E-state index contributed by atoms with van der Waals surface area (Å²) in [6.07, 6.45) is 0. The van der Waals surface area contributed by atoms with Crippen LogP contribution < -0.4 is 16.4 Å². The fraction of sp³-hybridized carbons (Fsp3) is 0.105. The van der Waals surface area contributed by atoms with Gasteiger partial charge in [-0.1, -0.05) is 42.5 Å². The van der Waals surface area contributed by atoms with Crippen LogP contribution in [0.3, 0.4) is 0 Å². The summed E-state index contributed by atoms with van der Waals surface area (Å²) in [4.78, 5) is 11.4. The Morgan fingerprint density at radius 2 is 1.14 bits per heavy atom. The summed E-state index contributed by atoms with van der Waals surface area (Å²) in [5.74, 6) is -0.517. The van der Waals surface area contributed by atoms with Gasteiger partial charge >= 0.3 is 0 Å². The number of nitrogens with two attached hydrogens (primary N) is 1. The van der Waals surface area contributed by atoms with E-state index in [1.807, 2.05) is 30.3 Å². The molecule has 0 spiro atoms. The first-order valence-corrected chi connectivity index (χ1v) is 9.36. The molecular weight excluding hydrogens is 406 g/mol. The predicted molar refractivity (Wildman–Crippen MR) is 125 cm³/mol. The molecule has 4 N–H and O–H groups in total. The van der Waals surface area contributed by atoms with Gasteiger partial charge in [0, 0.05) is 30.8 Å². The highest BCUT2D eigenvalue weighted by Gasteiger charge is 2.16. The highest BCUT2D eigenvalue weighted by molar-refractivity contribution is 7.97. The van der Waals surface area contributed by atoms with E-state index in [0.29, 0.717) is 32.9 Å². The number of carbonyl (C=O) groups is 1. The number of amides is 1. The van der Waals surface area contributed by atoms with Crippen molar-refractivity contribution in [2.45, 2.75) is 0 Å². The molecule has 0 bridgehead atoms. The molecule has 8 nitrogen and oxygen atoms in total. The van der Waals surface area contributed by atoms with E-state index in [1.165, 1.54) is 0 Å². The summed E-state index contributed by atoms with van der Waals surface area (Å²) in [5.41, 5.74) is 8.04. The molecule has 0 atom stereocenters. The Balaban J connectivity index is 2.68. The molecule has 0 saturated heterocycles. The highest BCUT2D eigenvalue weighted by Crippen LogP contribution is 2.13. The van der Waals surface area contributed by atoms with Gasteiger partial charge in [-0.25, -0.2) is 0 Å². The third-order valence-corrected chi connectivity index (χ3v) is 4.28. The van der Waals surface area contributed by atoms with Gasteiger partial charge < -0.3 is 16.4 Å². The minimum absolute atomic E-state index is 0.317. The van der Waals surface area contributed by atoms with E-state index < -0.39 is 5.91 Å². The largest absolute Gasteiger partial charge is 0.366 e. The van der Waals surface area contributed by atoms with Gasteiger partial charge in [0.05, 0.1) is 0 Å². The second-order valence-corrected chi connectivity index (χ2v) is 6.40. The first kappa shape index (κ1) is 22.2.